The molecule has 0 aromatic carbocycles. The van der Waals surface area contributed by atoms with E-state index in [-0.39, 0.29) is 17.0 Å². The van der Waals surface area contributed by atoms with Crippen LogP contribution in [0.5, 0.6) is 0 Å². The summed E-state index contributed by atoms with van der Waals surface area (Å²) in [4.78, 5) is 4.53. The number of hydrogen-bond donors (Lipinski definition) is 1. The Kier molecular flexibility index (Phi) is 3.56. The van der Waals surface area contributed by atoms with Gasteiger partial charge in [0.25, 0.3) is 0 Å². The van der Waals surface area contributed by atoms with Gasteiger partial charge in [0.1, 0.15) is 14.8 Å². The highest BCUT2D eigenvalue weighted by atomic mass is 32.2. The summed E-state index contributed by atoms with van der Waals surface area (Å²) in [5.41, 5.74) is 0.787. The van der Waals surface area contributed by atoms with Gasteiger partial charge in [0.2, 0.25) is 0 Å². The summed E-state index contributed by atoms with van der Waals surface area (Å²) in [5, 5.41) is 6.51. The highest BCUT2D eigenvalue weighted by Gasteiger charge is 2.40. The lowest BCUT2D eigenvalue weighted by molar-refractivity contribution is 0.305. The van der Waals surface area contributed by atoms with Crippen LogP contribution in [0, 0.1) is 6.92 Å². The van der Waals surface area contributed by atoms with E-state index in [1.807, 2.05) is 19.2 Å². The van der Waals surface area contributed by atoms with E-state index >= 15 is 0 Å². The van der Waals surface area contributed by atoms with Crippen molar-refractivity contribution in [2.75, 3.05) is 18.1 Å². The SMILES string of the molecule is CCNC1(c2nc(C)cs2)CCS(=O)(=O)CC1. The minimum absolute atomic E-state index is 0.223. The summed E-state index contributed by atoms with van der Waals surface area (Å²) in [6, 6.07) is 0. The van der Waals surface area contributed by atoms with Crippen molar-refractivity contribution < 1.29 is 8.42 Å². The Morgan fingerprint density at radius 1 is 1.47 bits per heavy atom. The van der Waals surface area contributed by atoms with E-state index in [0.29, 0.717) is 12.8 Å². The van der Waals surface area contributed by atoms with Crippen LogP contribution < -0.4 is 5.32 Å². The van der Waals surface area contributed by atoms with Crippen LogP contribution in [0.2, 0.25) is 0 Å². The Morgan fingerprint density at radius 3 is 2.59 bits per heavy atom. The fourth-order valence-corrected chi connectivity index (χ4v) is 4.82. The Bertz CT molecular complexity index is 479. The van der Waals surface area contributed by atoms with Gasteiger partial charge in [-0.2, -0.15) is 0 Å². The van der Waals surface area contributed by atoms with Crippen molar-refractivity contribution in [1.82, 2.24) is 10.3 Å². The summed E-state index contributed by atoms with van der Waals surface area (Å²) in [6.45, 7) is 4.85. The van der Waals surface area contributed by atoms with Crippen molar-refractivity contribution in [2.24, 2.45) is 0 Å². The third-order valence-electron chi connectivity index (χ3n) is 3.22. The summed E-state index contributed by atoms with van der Waals surface area (Å²) >= 11 is 1.63. The predicted molar refractivity (Wildman–Crippen MR) is 70.1 cm³/mol. The van der Waals surface area contributed by atoms with E-state index in [2.05, 4.69) is 10.3 Å². The lowest BCUT2D eigenvalue weighted by Crippen LogP contribution is -2.48. The van der Waals surface area contributed by atoms with Gasteiger partial charge in [-0.1, -0.05) is 6.92 Å². The number of nitrogens with zero attached hydrogens (tertiary/aromatic N) is 1. The zero-order chi connectivity index (χ0) is 12.5. The Hall–Kier alpha value is -0.460. The molecule has 17 heavy (non-hydrogen) atoms. The molecule has 2 heterocycles. The second-order valence-electron chi connectivity index (χ2n) is 4.56. The number of aromatic nitrogens is 1. The lowest BCUT2D eigenvalue weighted by Gasteiger charge is -2.36. The molecule has 0 bridgehead atoms. The highest BCUT2D eigenvalue weighted by molar-refractivity contribution is 7.91. The molecule has 1 saturated heterocycles. The van der Waals surface area contributed by atoms with Gasteiger partial charge in [0.15, 0.2) is 0 Å². The molecular formula is C11H18N2O2S2. The molecule has 1 aliphatic rings. The maximum absolute atomic E-state index is 11.5. The average Bonchev–Trinajstić information content (AvgIpc) is 2.69. The van der Waals surface area contributed by atoms with Gasteiger partial charge >= 0.3 is 0 Å². The van der Waals surface area contributed by atoms with Gasteiger partial charge in [-0.15, -0.1) is 11.3 Å². The molecule has 0 saturated carbocycles. The summed E-state index contributed by atoms with van der Waals surface area (Å²) in [6.07, 6.45) is 1.27. The molecule has 1 aromatic rings. The minimum atomic E-state index is -2.84. The quantitative estimate of drug-likeness (QED) is 0.906. The molecule has 0 spiro atoms. The normalized spacial score (nSPS) is 22.5. The maximum Gasteiger partial charge on any atom is 0.150 e. The molecule has 0 unspecified atom stereocenters. The van der Waals surface area contributed by atoms with E-state index in [1.165, 1.54) is 0 Å². The van der Waals surface area contributed by atoms with E-state index in [1.54, 1.807) is 11.3 Å². The van der Waals surface area contributed by atoms with Gasteiger partial charge in [-0.05, 0) is 26.3 Å². The Labute approximate surface area is 106 Å². The predicted octanol–water partition coefficient (Wildman–Crippen LogP) is 1.46. The molecule has 0 amide bonds. The van der Waals surface area contributed by atoms with Crippen molar-refractivity contribution in [1.29, 1.82) is 0 Å². The second-order valence-corrected chi connectivity index (χ2v) is 7.72. The summed E-state index contributed by atoms with van der Waals surface area (Å²) in [7, 11) is -2.84. The molecular weight excluding hydrogens is 256 g/mol. The van der Waals surface area contributed by atoms with Crippen LogP contribution in [0.25, 0.3) is 0 Å². The number of aryl methyl sites for hydroxylation is 1. The van der Waals surface area contributed by atoms with Crippen molar-refractivity contribution in [2.45, 2.75) is 32.2 Å². The van der Waals surface area contributed by atoms with Crippen LogP contribution in [0.15, 0.2) is 5.38 Å². The molecule has 2 rings (SSSR count). The largest absolute Gasteiger partial charge is 0.306 e. The number of sulfone groups is 1. The molecule has 1 N–H and O–H groups in total. The van der Waals surface area contributed by atoms with Gasteiger partial charge in [-0.3, -0.25) is 0 Å². The average molecular weight is 274 g/mol. The third-order valence-corrected chi connectivity index (χ3v) is 6.04. The maximum atomic E-state index is 11.5. The molecule has 1 aliphatic heterocycles. The molecule has 6 heteroatoms. The van der Waals surface area contributed by atoms with Crippen molar-refractivity contribution in [3.05, 3.63) is 16.1 Å². The molecule has 0 radical (unpaired) electrons. The number of hydrogen-bond acceptors (Lipinski definition) is 5. The first kappa shape index (κ1) is 13.0. The van der Waals surface area contributed by atoms with E-state index in [9.17, 15) is 8.42 Å². The van der Waals surface area contributed by atoms with Crippen LogP contribution in [0.1, 0.15) is 30.5 Å². The second kappa shape index (κ2) is 4.66. The summed E-state index contributed by atoms with van der Waals surface area (Å²) in [5.74, 6) is 0.525. The van der Waals surface area contributed by atoms with Crippen molar-refractivity contribution in [3.63, 3.8) is 0 Å². The zero-order valence-electron chi connectivity index (χ0n) is 10.2. The molecule has 0 aliphatic carbocycles. The monoisotopic (exact) mass is 274 g/mol. The van der Waals surface area contributed by atoms with Crippen LogP contribution in [0.4, 0.5) is 0 Å². The van der Waals surface area contributed by atoms with E-state index in [0.717, 1.165) is 17.2 Å². The third kappa shape index (κ3) is 2.69. The first-order chi connectivity index (χ1) is 7.97. The molecule has 1 aromatic heterocycles. The number of nitrogens with one attached hydrogen (secondary N) is 1. The van der Waals surface area contributed by atoms with Gasteiger partial charge in [-0.25, -0.2) is 13.4 Å². The van der Waals surface area contributed by atoms with E-state index in [4.69, 9.17) is 0 Å². The smallest absolute Gasteiger partial charge is 0.150 e. The van der Waals surface area contributed by atoms with Gasteiger partial charge < -0.3 is 5.32 Å². The van der Waals surface area contributed by atoms with Crippen molar-refractivity contribution in [3.8, 4) is 0 Å². The topological polar surface area (TPSA) is 59.1 Å². The molecule has 1 fully saturated rings. The van der Waals surface area contributed by atoms with Crippen LogP contribution in [-0.2, 0) is 15.4 Å². The highest BCUT2D eigenvalue weighted by Crippen LogP contribution is 2.35. The summed E-state index contributed by atoms with van der Waals surface area (Å²) < 4.78 is 23.1. The van der Waals surface area contributed by atoms with Crippen LogP contribution >= 0.6 is 11.3 Å². The molecule has 96 valence electrons. The van der Waals surface area contributed by atoms with Crippen LogP contribution in [-0.4, -0.2) is 31.5 Å². The molecule has 0 atom stereocenters. The zero-order valence-corrected chi connectivity index (χ0v) is 11.8. The van der Waals surface area contributed by atoms with Gasteiger partial charge in [0, 0.05) is 11.1 Å². The fourth-order valence-electron chi connectivity index (χ4n) is 2.26. The number of thiazole rings is 1. The van der Waals surface area contributed by atoms with Crippen LogP contribution in [0.3, 0.4) is 0 Å². The van der Waals surface area contributed by atoms with Gasteiger partial charge in [0.05, 0.1) is 17.0 Å². The standard InChI is InChI=1S/C11H18N2O2S2/c1-3-12-11(10-13-9(2)8-16-10)4-6-17(14,15)7-5-11/h8,12H,3-7H2,1-2H3. The Morgan fingerprint density at radius 2 is 2.12 bits per heavy atom. The molecule has 4 nitrogen and oxygen atoms in total. The first-order valence-corrected chi connectivity index (χ1v) is 8.56. The lowest BCUT2D eigenvalue weighted by atomic mass is 9.93. The minimum Gasteiger partial charge on any atom is -0.306 e. The van der Waals surface area contributed by atoms with Crippen molar-refractivity contribution >= 4 is 21.2 Å². The number of rotatable bonds is 3. The van der Waals surface area contributed by atoms with E-state index < -0.39 is 9.84 Å². The fraction of sp³-hybridized carbons (Fsp3) is 0.727. The Balaban J connectivity index is 2.28. The first-order valence-electron chi connectivity index (χ1n) is 5.85.